The van der Waals surface area contributed by atoms with E-state index in [4.69, 9.17) is 0 Å². The van der Waals surface area contributed by atoms with Crippen LogP contribution in [0.3, 0.4) is 0 Å². The Morgan fingerprint density at radius 3 is 3.00 bits per heavy atom. The van der Waals surface area contributed by atoms with E-state index in [0.29, 0.717) is 12.1 Å². The lowest BCUT2D eigenvalue weighted by Gasteiger charge is -2.30. The van der Waals surface area contributed by atoms with Gasteiger partial charge in [-0.25, -0.2) is 0 Å². The number of hydrogen-bond acceptors (Lipinski definition) is 2. The van der Waals surface area contributed by atoms with Crippen LogP contribution in [0.4, 0.5) is 0 Å². The van der Waals surface area contributed by atoms with Gasteiger partial charge in [-0.3, -0.25) is 4.79 Å². The molecule has 17 heavy (non-hydrogen) atoms. The molecule has 1 amide bonds. The average molecular weight is 410 g/mol. The van der Waals surface area contributed by atoms with E-state index in [1.807, 2.05) is 18.2 Å². The van der Waals surface area contributed by atoms with Crippen molar-refractivity contribution in [3.63, 3.8) is 0 Å². The van der Waals surface area contributed by atoms with Gasteiger partial charge in [0, 0.05) is 21.1 Å². The van der Waals surface area contributed by atoms with E-state index in [2.05, 4.69) is 38.5 Å². The Hall–Kier alpha value is -0.140. The summed E-state index contributed by atoms with van der Waals surface area (Å²) in [6.07, 6.45) is 1.28. The molecule has 92 valence electrons. The number of rotatable bonds is 1. The highest BCUT2D eigenvalue weighted by Crippen LogP contribution is 2.22. The Morgan fingerprint density at radius 1 is 1.53 bits per heavy atom. The zero-order chi connectivity index (χ0) is 12.4. The summed E-state index contributed by atoms with van der Waals surface area (Å²) >= 11 is 5.59. The summed E-state index contributed by atoms with van der Waals surface area (Å²) in [7, 11) is 0. The number of halogens is 2. The fourth-order valence-corrected chi connectivity index (χ4v) is 2.88. The van der Waals surface area contributed by atoms with Gasteiger partial charge < -0.3 is 10.0 Å². The number of benzene rings is 1. The number of carbonyl (C=O) groups is 1. The lowest BCUT2D eigenvalue weighted by Crippen LogP contribution is -2.42. The molecule has 1 fully saturated rings. The van der Waals surface area contributed by atoms with E-state index in [9.17, 15) is 9.90 Å². The quantitative estimate of drug-likeness (QED) is 0.724. The first-order valence-corrected chi connectivity index (χ1v) is 7.37. The summed E-state index contributed by atoms with van der Waals surface area (Å²) in [5, 5.41) is 9.59. The van der Waals surface area contributed by atoms with Gasteiger partial charge in [-0.15, -0.1) is 0 Å². The van der Waals surface area contributed by atoms with Crippen LogP contribution in [-0.4, -0.2) is 35.1 Å². The Balaban J connectivity index is 2.21. The number of amides is 1. The molecule has 0 aliphatic carbocycles. The summed E-state index contributed by atoms with van der Waals surface area (Å²) in [5.74, 6) is -0.00542. The van der Waals surface area contributed by atoms with Crippen LogP contribution in [0.15, 0.2) is 22.7 Å². The number of β-amino-alcohol motifs (C(OH)–C–C–N with tert-alkyl or cyclic N) is 1. The first-order valence-electron chi connectivity index (χ1n) is 5.50. The number of aliphatic hydroxyl groups excluding tert-OH is 1. The lowest BCUT2D eigenvalue weighted by molar-refractivity contribution is 0.0473. The zero-order valence-electron chi connectivity index (χ0n) is 9.20. The molecule has 0 spiro atoms. The van der Waals surface area contributed by atoms with Gasteiger partial charge in [0.05, 0.1) is 11.7 Å². The minimum atomic E-state index is -0.380. The molecular formula is C12H13BrINO2. The molecule has 1 aliphatic rings. The largest absolute Gasteiger partial charge is 0.391 e. The highest BCUT2D eigenvalue weighted by Gasteiger charge is 2.24. The summed E-state index contributed by atoms with van der Waals surface area (Å²) < 4.78 is 1.84. The van der Waals surface area contributed by atoms with Gasteiger partial charge in [-0.2, -0.15) is 0 Å². The van der Waals surface area contributed by atoms with Gasteiger partial charge in [-0.05, 0) is 69.6 Å². The van der Waals surface area contributed by atoms with Gasteiger partial charge >= 0.3 is 0 Å². The van der Waals surface area contributed by atoms with Crippen LogP contribution < -0.4 is 0 Å². The van der Waals surface area contributed by atoms with Crippen molar-refractivity contribution in [2.75, 3.05) is 13.1 Å². The predicted octanol–water partition coefficient (Wildman–Crippen LogP) is 2.65. The van der Waals surface area contributed by atoms with Crippen LogP contribution >= 0.6 is 38.5 Å². The second-order valence-electron chi connectivity index (χ2n) is 4.17. The maximum Gasteiger partial charge on any atom is 0.255 e. The molecule has 2 rings (SSSR count). The van der Waals surface area contributed by atoms with Crippen LogP contribution in [0, 0.1) is 3.57 Å². The van der Waals surface area contributed by atoms with E-state index in [1.54, 1.807) is 4.90 Å². The van der Waals surface area contributed by atoms with Crippen LogP contribution in [0.1, 0.15) is 23.2 Å². The maximum atomic E-state index is 12.3. The molecule has 0 unspecified atom stereocenters. The minimum Gasteiger partial charge on any atom is -0.391 e. The second-order valence-corrected chi connectivity index (χ2v) is 6.27. The molecule has 5 heteroatoms. The molecule has 0 bridgehead atoms. The zero-order valence-corrected chi connectivity index (χ0v) is 12.9. The SMILES string of the molecule is O=C(c1cc(I)ccc1Br)N1CCC[C@H](O)C1. The number of aliphatic hydroxyl groups is 1. The van der Waals surface area contributed by atoms with Crippen molar-refractivity contribution in [2.24, 2.45) is 0 Å². The van der Waals surface area contributed by atoms with Crippen LogP contribution in [-0.2, 0) is 0 Å². The smallest absolute Gasteiger partial charge is 0.255 e. The van der Waals surface area contributed by atoms with Crippen LogP contribution in [0.5, 0.6) is 0 Å². The molecule has 0 aromatic heterocycles. The van der Waals surface area contributed by atoms with Crippen molar-refractivity contribution < 1.29 is 9.90 Å². The summed E-state index contributed by atoms with van der Waals surface area (Å²) in [4.78, 5) is 14.0. The summed E-state index contributed by atoms with van der Waals surface area (Å²) in [5.41, 5.74) is 0.672. The van der Waals surface area contributed by atoms with Crippen molar-refractivity contribution in [3.8, 4) is 0 Å². The standard InChI is InChI=1S/C12H13BrINO2/c13-11-4-3-8(14)6-10(11)12(17)15-5-1-2-9(16)7-15/h3-4,6,9,16H,1-2,5,7H2/t9-/m0/s1. The highest BCUT2D eigenvalue weighted by molar-refractivity contribution is 14.1. The molecule has 1 aliphatic heterocycles. The average Bonchev–Trinajstić information content (AvgIpc) is 2.31. The van der Waals surface area contributed by atoms with Crippen molar-refractivity contribution in [1.82, 2.24) is 4.90 Å². The molecule has 0 saturated carbocycles. The van der Waals surface area contributed by atoms with Gasteiger partial charge in [0.2, 0.25) is 0 Å². The van der Waals surface area contributed by atoms with Crippen molar-refractivity contribution >= 4 is 44.4 Å². The Morgan fingerprint density at radius 2 is 2.29 bits per heavy atom. The Kier molecular flexibility index (Phi) is 4.43. The van der Waals surface area contributed by atoms with E-state index >= 15 is 0 Å². The first kappa shape index (κ1) is 13.3. The molecular weight excluding hydrogens is 397 g/mol. The third kappa shape index (κ3) is 3.20. The van der Waals surface area contributed by atoms with Gasteiger partial charge in [-0.1, -0.05) is 0 Å². The van der Waals surface area contributed by atoms with Crippen LogP contribution in [0.25, 0.3) is 0 Å². The number of nitrogens with zero attached hydrogens (tertiary/aromatic N) is 1. The maximum absolute atomic E-state index is 12.3. The minimum absolute atomic E-state index is 0.00542. The van der Waals surface area contributed by atoms with Gasteiger partial charge in [0.1, 0.15) is 0 Å². The highest BCUT2D eigenvalue weighted by atomic mass is 127. The van der Waals surface area contributed by atoms with E-state index in [-0.39, 0.29) is 12.0 Å². The number of carbonyl (C=O) groups excluding carboxylic acids is 1. The molecule has 0 radical (unpaired) electrons. The summed E-state index contributed by atoms with van der Waals surface area (Å²) in [6, 6.07) is 5.70. The Labute approximate surface area is 122 Å². The fourth-order valence-electron chi connectivity index (χ4n) is 1.97. The monoisotopic (exact) mass is 409 g/mol. The van der Waals surface area contributed by atoms with Gasteiger partial charge in [0.25, 0.3) is 5.91 Å². The number of piperidine rings is 1. The molecule has 1 aromatic rings. The normalized spacial score (nSPS) is 20.4. The van der Waals surface area contributed by atoms with Gasteiger partial charge in [0.15, 0.2) is 0 Å². The molecule has 3 nitrogen and oxygen atoms in total. The van der Waals surface area contributed by atoms with E-state index < -0.39 is 0 Å². The van der Waals surface area contributed by atoms with E-state index in [0.717, 1.165) is 27.4 Å². The second kappa shape index (κ2) is 5.67. The summed E-state index contributed by atoms with van der Waals surface area (Å²) in [6.45, 7) is 1.17. The molecule has 1 aromatic carbocycles. The van der Waals surface area contributed by atoms with Crippen molar-refractivity contribution in [1.29, 1.82) is 0 Å². The third-order valence-electron chi connectivity index (χ3n) is 2.84. The van der Waals surface area contributed by atoms with Crippen molar-refractivity contribution in [2.45, 2.75) is 18.9 Å². The molecule has 1 N–H and O–H groups in total. The molecule has 1 atom stereocenters. The van der Waals surface area contributed by atoms with Crippen molar-refractivity contribution in [3.05, 3.63) is 31.8 Å². The van der Waals surface area contributed by atoms with E-state index in [1.165, 1.54) is 0 Å². The number of hydrogen-bond donors (Lipinski definition) is 1. The third-order valence-corrected chi connectivity index (χ3v) is 4.21. The van der Waals surface area contributed by atoms with Crippen LogP contribution in [0.2, 0.25) is 0 Å². The Bertz CT molecular complexity index is 439. The first-order chi connectivity index (χ1) is 8.08. The molecule has 1 saturated heterocycles. The lowest BCUT2D eigenvalue weighted by atomic mass is 10.1. The number of likely N-dealkylation sites (tertiary alicyclic amines) is 1. The fraction of sp³-hybridized carbons (Fsp3) is 0.417. The molecule has 1 heterocycles. The topological polar surface area (TPSA) is 40.5 Å². The predicted molar refractivity (Wildman–Crippen MR) is 78.0 cm³/mol.